The van der Waals surface area contributed by atoms with E-state index in [0.29, 0.717) is 13.0 Å². The monoisotopic (exact) mass is 337 g/mol. The second-order valence-electron chi connectivity index (χ2n) is 5.25. The number of hydrogen-bond acceptors (Lipinski definition) is 4. The second-order valence-corrected chi connectivity index (χ2v) is 5.25. The van der Waals surface area contributed by atoms with E-state index in [4.69, 9.17) is 10.3 Å². The lowest BCUT2D eigenvalue weighted by atomic mass is 10.1. The maximum Gasteiger partial charge on any atom is 0.237 e. The van der Waals surface area contributed by atoms with Crippen molar-refractivity contribution in [1.82, 2.24) is 10.5 Å². The predicted molar refractivity (Wildman–Crippen MR) is 92.5 cm³/mol. The van der Waals surface area contributed by atoms with Crippen molar-refractivity contribution < 1.29 is 9.32 Å². The van der Waals surface area contributed by atoms with Gasteiger partial charge in [-0.15, -0.1) is 12.4 Å². The quantitative estimate of drug-likeness (QED) is 0.813. The van der Waals surface area contributed by atoms with E-state index >= 15 is 0 Å². The normalized spacial score (nSPS) is 11.6. The van der Waals surface area contributed by atoms with Gasteiger partial charge in [-0.25, -0.2) is 0 Å². The molecule has 6 heteroatoms. The lowest BCUT2D eigenvalue weighted by molar-refractivity contribution is -0.122. The van der Waals surface area contributed by atoms with Gasteiger partial charge in [-0.3, -0.25) is 4.79 Å². The average molecular weight is 338 g/mol. The molecule has 0 fully saturated rings. The molecule has 0 saturated carbocycles. The van der Waals surface area contributed by atoms with Crippen LogP contribution in [0.15, 0.2) is 34.9 Å². The van der Waals surface area contributed by atoms with Gasteiger partial charge in [0.1, 0.15) is 5.76 Å². The van der Waals surface area contributed by atoms with Crippen LogP contribution >= 0.6 is 12.4 Å². The van der Waals surface area contributed by atoms with Gasteiger partial charge in [0.15, 0.2) is 0 Å². The highest BCUT2D eigenvalue weighted by Gasteiger charge is 2.17. The second kappa shape index (κ2) is 9.33. The van der Waals surface area contributed by atoms with Crippen LogP contribution in [0, 0.1) is 0 Å². The Morgan fingerprint density at radius 3 is 2.57 bits per heavy atom. The summed E-state index contributed by atoms with van der Waals surface area (Å²) in [7, 11) is 0. The Hall–Kier alpha value is -1.85. The molecule has 5 nitrogen and oxygen atoms in total. The molecule has 1 aromatic heterocycles. The van der Waals surface area contributed by atoms with Gasteiger partial charge in [0.05, 0.1) is 11.7 Å². The smallest absolute Gasteiger partial charge is 0.237 e. The summed E-state index contributed by atoms with van der Waals surface area (Å²) in [6, 6.07) is 9.21. The van der Waals surface area contributed by atoms with E-state index in [9.17, 15) is 4.79 Å². The number of rotatable bonds is 7. The SMILES string of the molecule is CCc1noc(CC)c1CNC(=O)[C@@H](N)Cc1ccccc1.Cl. The van der Waals surface area contributed by atoms with Gasteiger partial charge in [0, 0.05) is 18.5 Å². The molecule has 23 heavy (non-hydrogen) atoms. The van der Waals surface area contributed by atoms with Crippen molar-refractivity contribution in [2.24, 2.45) is 5.73 Å². The minimum absolute atomic E-state index is 0. The number of aryl methyl sites for hydroxylation is 2. The molecule has 0 spiro atoms. The van der Waals surface area contributed by atoms with E-state index in [2.05, 4.69) is 10.5 Å². The molecule has 0 bridgehead atoms. The van der Waals surface area contributed by atoms with Crippen LogP contribution in [0.2, 0.25) is 0 Å². The highest BCUT2D eigenvalue weighted by molar-refractivity contribution is 5.85. The molecule has 1 amide bonds. The van der Waals surface area contributed by atoms with Crippen molar-refractivity contribution in [1.29, 1.82) is 0 Å². The van der Waals surface area contributed by atoms with E-state index in [1.54, 1.807) is 0 Å². The van der Waals surface area contributed by atoms with E-state index in [-0.39, 0.29) is 18.3 Å². The minimum Gasteiger partial charge on any atom is -0.361 e. The van der Waals surface area contributed by atoms with Crippen LogP contribution in [0.5, 0.6) is 0 Å². The molecule has 2 rings (SSSR count). The van der Waals surface area contributed by atoms with Crippen molar-refractivity contribution >= 4 is 18.3 Å². The lowest BCUT2D eigenvalue weighted by Crippen LogP contribution is -2.41. The van der Waals surface area contributed by atoms with Gasteiger partial charge in [0.25, 0.3) is 0 Å². The first-order valence-electron chi connectivity index (χ1n) is 7.69. The molecule has 1 atom stereocenters. The van der Waals surface area contributed by atoms with Crippen molar-refractivity contribution in [2.45, 2.75) is 45.7 Å². The summed E-state index contributed by atoms with van der Waals surface area (Å²) in [5.41, 5.74) is 8.91. The maximum absolute atomic E-state index is 12.2. The number of amides is 1. The topological polar surface area (TPSA) is 81.2 Å². The van der Waals surface area contributed by atoms with Crippen LogP contribution in [0.25, 0.3) is 0 Å². The molecule has 126 valence electrons. The van der Waals surface area contributed by atoms with Crippen LogP contribution in [0.4, 0.5) is 0 Å². The summed E-state index contributed by atoms with van der Waals surface area (Å²) in [4.78, 5) is 12.2. The number of aromatic nitrogens is 1. The van der Waals surface area contributed by atoms with E-state index in [1.165, 1.54) is 0 Å². The summed E-state index contributed by atoms with van der Waals surface area (Å²) < 4.78 is 5.29. The summed E-state index contributed by atoms with van der Waals surface area (Å²) in [6.07, 6.45) is 2.07. The molecule has 0 saturated heterocycles. The molecule has 1 heterocycles. The third-order valence-electron chi connectivity index (χ3n) is 3.68. The number of halogens is 1. The highest BCUT2D eigenvalue weighted by atomic mass is 35.5. The summed E-state index contributed by atoms with van der Waals surface area (Å²) >= 11 is 0. The molecule has 0 aliphatic carbocycles. The minimum atomic E-state index is -0.558. The number of benzene rings is 1. The first kappa shape index (κ1) is 19.2. The van der Waals surface area contributed by atoms with Crippen LogP contribution in [-0.4, -0.2) is 17.1 Å². The van der Waals surface area contributed by atoms with Gasteiger partial charge in [0.2, 0.25) is 5.91 Å². The number of carbonyl (C=O) groups is 1. The molecule has 3 N–H and O–H groups in total. The number of hydrogen-bond donors (Lipinski definition) is 2. The summed E-state index contributed by atoms with van der Waals surface area (Å²) in [5.74, 6) is 0.669. The van der Waals surface area contributed by atoms with Gasteiger partial charge in [-0.05, 0) is 18.4 Å². The fourth-order valence-corrected chi connectivity index (χ4v) is 2.41. The third-order valence-corrected chi connectivity index (χ3v) is 3.68. The van der Waals surface area contributed by atoms with Gasteiger partial charge in [-0.2, -0.15) is 0 Å². The first-order valence-corrected chi connectivity index (χ1v) is 7.69. The van der Waals surface area contributed by atoms with Crippen LogP contribution in [0.1, 0.15) is 36.4 Å². The Labute approximate surface area is 143 Å². The average Bonchev–Trinajstić information content (AvgIpc) is 2.95. The number of nitrogens with zero attached hydrogens (tertiary/aromatic N) is 1. The molecular formula is C17H24ClN3O2. The zero-order valence-corrected chi connectivity index (χ0v) is 14.4. The molecule has 0 unspecified atom stereocenters. The first-order chi connectivity index (χ1) is 10.7. The Balaban J connectivity index is 0.00000264. The number of carbonyl (C=O) groups excluding carboxylic acids is 1. The standard InChI is InChI=1S/C17H23N3O2.ClH/c1-3-15-13(16(4-2)22-20-15)11-19-17(21)14(18)10-12-8-6-5-7-9-12;/h5-9,14H,3-4,10-11,18H2,1-2H3,(H,19,21);1H/t14-;/m0./s1. The zero-order valence-electron chi connectivity index (χ0n) is 13.5. The molecule has 0 aliphatic heterocycles. The third kappa shape index (κ3) is 5.08. The van der Waals surface area contributed by atoms with Crippen molar-refractivity contribution in [3.05, 3.63) is 52.9 Å². The molecule has 2 aromatic rings. The highest BCUT2D eigenvalue weighted by Crippen LogP contribution is 2.15. The van der Waals surface area contributed by atoms with E-state index in [1.807, 2.05) is 44.2 Å². The maximum atomic E-state index is 12.2. The zero-order chi connectivity index (χ0) is 15.9. The van der Waals surface area contributed by atoms with Gasteiger partial charge in [-0.1, -0.05) is 49.3 Å². The Morgan fingerprint density at radius 2 is 1.96 bits per heavy atom. The van der Waals surface area contributed by atoms with Crippen molar-refractivity contribution in [2.75, 3.05) is 0 Å². The number of nitrogens with two attached hydrogens (primary N) is 1. The van der Waals surface area contributed by atoms with Crippen molar-refractivity contribution in [3.8, 4) is 0 Å². The fourth-order valence-electron chi connectivity index (χ4n) is 2.41. The van der Waals surface area contributed by atoms with Crippen LogP contribution in [-0.2, 0) is 30.6 Å². The molecule has 0 aliphatic rings. The van der Waals surface area contributed by atoms with Crippen LogP contribution in [0.3, 0.4) is 0 Å². The molecule has 0 radical (unpaired) electrons. The molecule has 1 aromatic carbocycles. The summed E-state index contributed by atoms with van der Waals surface area (Å²) in [6.45, 7) is 4.44. The van der Waals surface area contributed by atoms with E-state index < -0.39 is 6.04 Å². The number of nitrogens with one attached hydrogen (secondary N) is 1. The lowest BCUT2D eigenvalue weighted by Gasteiger charge is -2.12. The largest absolute Gasteiger partial charge is 0.361 e. The Kier molecular flexibility index (Phi) is 7.78. The Bertz CT molecular complexity index is 592. The molecular weight excluding hydrogens is 314 g/mol. The fraction of sp³-hybridized carbons (Fsp3) is 0.412. The Morgan fingerprint density at radius 1 is 1.26 bits per heavy atom. The van der Waals surface area contributed by atoms with Gasteiger partial charge < -0.3 is 15.6 Å². The predicted octanol–water partition coefficient (Wildman–Crippen LogP) is 2.41. The van der Waals surface area contributed by atoms with Crippen LogP contribution < -0.4 is 11.1 Å². The van der Waals surface area contributed by atoms with E-state index in [0.717, 1.165) is 35.4 Å². The van der Waals surface area contributed by atoms with Gasteiger partial charge >= 0.3 is 0 Å². The summed E-state index contributed by atoms with van der Waals surface area (Å²) in [5, 5.41) is 6.93. The van der Waals surface area contributed by atoms with Crippen molar-refractivity contribution in [3.63, 3.8) is 0 Å².